The van der Waals surface area contributed by atoms with Crippen LogP contribution in [0, 0.1) is 0 Å². The summed E-state index contributed by atoms with van der Waals surface area (Å²) in [6.45, 7) is 0.388. The topological polar surface area (TPSA) is 81.8 Å². The number of aromatic nitrogens is 1. The van der Waals surface area contributed by atoms with E-state index in [4.69, 9.17) is 26.8 Å². The van der Waals surface area contributed by atoms with Gasteiger partial charge in [0, 0.05) is 17.4 Å². The molecule has 1 aliphatic carbocycles. The Labute approximate surface area is 158 Å². The lowest BCUT2D eigenvalue weighted by atomic mass is 10.2. The van der Waals surface area contributed by atoms with Crippen molar-refractivity contribution in [3.63, 3.8) is 0 Å². The maximum absolute atomic E-state index is 6.12. The Hall–Kier alpha value is -2.47. The largest absolute Gasteiger partial charge is 0.495 e. The van der Waals surface area contributed by atoms with Crippen LogP contribution in [0.1, 0.15) is 31.2 Å². The van der Waals surface area contributed by atoms with Crippen LogP contribution < -0.4 is 20.5 Å². The fraction of sp³-hybridized carbons (Fsp3) is 0.368. The third kappa shape index (κ3) is 4.79. The normalized spacial score (nSPS) is 15.1. The number of anilines is 1. The van der Waals surface area contributed by atoms with E-state index < -0.39 is 0 Å². The third-order valence-corrected chi connectivity index (χ3v) is 4.57. The lowest BCUT2D eigenvalue weighted by Crippen LogP contribution is -2.22. The van der Waals surface area contributed by atoms with Crippen LogP contribution >= 0.6 is 11.6 Å². The van der Waals surface area contributed by atoms with Crippen molar-refractivity contribution in [2.24, 2.45) is 10.7 Å². The minimum atomic E-state index is 0.254. The molecule has 2 aromatic rings. The molecule has 3 rings (SSSR count). The van der Waals surface area contributed by atoms with Gasteiger partial charge in [0.05, 0.1) is 18.7 Å². The first kappa shape index (κ1) is 18.3. The molecule has 7 heteroatoms. The van der Waals surface area contributed by atoms with Gasteiger partial charge >= 0.3 is 0 Å². The van der Waals surface area contributed by atoms with E-state index in [0.717, 1.165) is 24.1 Å². The van der Waals surface area contributed by atoms with Gasteiger partial charge in [0.25, 0.3) is 0 Å². The molecule has 1 aromatic heterocycles. The Bertz CT molecular complexity index is 776. The predicted molar refractivity (Wildman–Crippen MR) is 104 cm³/mol. The molecule has 0 unspecified atom stereocenters. The van der Waals surface area contributed by atoms with Gasteiger partial charge in [-0.05, 0) is 49.9 Å². The molecule has 138 valence electrons. The average Bonchev–Trinajstić information content (AvgIpc) is 3.14. The molecular weight excluding hydrogens is 352 g/mol. The minimum absolute atomic E-state index is 0.254. The fourth-order valence-corrected chi connectivity index (χ4v) is 3.17. The van der Waals surface area contributed by atoms with Gasteiger partial charge in [0.15, 0.2) is 5.96 Å². The molecule has 0 aliphatic heterocycles. The molecule has 0 radical (unpaired) electrons. The molecule has 1 fully saturated rings. The molecular formula is C19H23ClN4O2. The second kappa shape index (κ2) is 8.76. The maximum Gasteiger partial charge on any atom is 0.218 e. The quantitative estimate of drug-likeness (QED) is 0.590. The van der Waals surface area contributed by atoms with Crippen LogP contribution in [-0.4, -0.2) is 24.2 Å². The van der Waals surface area contributed by atoms with Crippen molar-refractivity contribution in [3.05, 3.63) is 47.1 Å². The second-order valence-electron chi connectivity index (χ2n) is 6.17. The zero-order chi connectivity index (χ0) is 18.4. The van der Waals surface area contributed by atoms with Crippen molar-refractivity contribution >= 4 is 23.2 Å². The molecule has 0 bridgehead atoms. The van der Waals surface area contributed by atoms with Crippen molar-refractivity contribution in [1.82, 2.24) is 4.98 Å². The van der Waals surface area contributed by atoms with E-state index in [2.05, 4.69) is 15.3 Å². The lowest BCUT2D eigenvalue weighted by Gasteiger charge is -2.14. The van der Waals surface area contributed by atoms with E-state index in [1.807, 2.05) is 18.2 Å². The summed E-state index contributed by atoms with van der Waals surface area (Å²) in [5.74, 6) is 1.54. The van der Waals surface area contributed by atoms with E-state index in [1.54, 1.807) is 25.4 Å². The molecule has 0 saturated heterocycles. The molecule has 0 spiro atoms. The number of nitrogens with zero attached hydrogens (tertiary/aromatic N) is 2. The van der Waals surface area contributed by atoms with Crippen LogP contribution in [0.2, 0.25) is 5.02 Å². The van der Waals surface area contributed by atoms with Crippen LogP contribution in [0.4, 0.5) is 5.69 Å². The van der Waals surface area contributed by atoms with Crippen molar-refractivity contribution in [2.75, 3.05) is 12.4 Å². The molecule has 1 saturated carbocycles. The van der Waals surface area contributed by atoms with Crippen LogP contribution in [0.3, 0.4) is 0 Å². The average molecular weight is 375 g/mol. The number of aliphatic imine (C=N–C) groups is 1. The summed E-state index contributed by atoms with van der Waals surface area (Å²) in [4.78, 5) is 8.74. The fourth-order valence-electron chi connectivity index (χ4n) is 2.92. The van der Waals surface area contributed by atoms with Gasteiger partial charge in [-0.1, -0.05) is 17.7 Å². The Morgan fingerprint density at radius 3 is 2.88 bits per heavy atom. The number of halogens is 1. The molecule has 1 aliphatic rings. The van der Waals surface area contributed by atoms with Crippen molar-refractivity contribution in [3.8, 4) is 11.6 Å². The third-order valence-electron chi connectivity index (χ3n) is 4.27. The highest BCUT2D eigenvalue weighted by atomic mass is 35.5. The highest BCUT2D eigenvalue weighted by molar-refractivity contribution is 6.32. The molecule has 26 heavy (non-hydrogen) atoms. The summed E-state index contributed by atoms with van der Waals surface area (Å²) in [5, 5.41) is 3.53. The first-order valence-corrected chi connectivity index (χ1v) is 9.04. The predicted octanol–water partition coefficient (Wildman–Crippen LogP) is 3.99. The summed E-state index contributed by atoms with van der Waals surface area (Å²) in [5.41, 5.74) is 7.65. The molecule has 0 amide bonds. The summed E-state index contributed by atoms with van der Waals surface area (Å²) < 4.78 is 11.2. The number of pyridine rings is 1. The lowest BCUT2D eigenvalue weighted by molar-refractivity contribution is 0.199. The van der Waals surface area contributed by atoms with E-state index in [0.29, 0.717) is 29.2 Å². The van der Waals surface area contributed by atoms with Crippen LogP contribution in [0.15, 0.2) is 41.5 Å². The summed E-state index contributed by atoms with van der Waals surface area (Å²) in [6.07, 6.45) is 6.59. The monoisotopic (exact) mass is 374 g/mol. The minimum Gasteiger partial charge on any atom is -0.495 e. The number of nitrogens with two attached hydrogens (primary N) is 1. The zero-order valence-corrected chi connectivity index (χ0v) is 15.5. The second-order valence-corrected chi connectivity index (χ2v) is 6.57. The van der Waals surface area contributed by atoms with E-state index >= 15 is 0 Å². The number of guanidine groups is 1. The van der Waals surface area contributed by atoms with Gasteiger partial charge in [-0.2, -0.15) is 0 Å². The zero-order valence-electron chi connectivity index (χ0n) is 14.7. The first-order valence-electron chi connectivity index (χ1n) is 8.66. The Morgan fingerprint density at radius 2 is 2.15 bits per heavy atom. The standard InChI is InChI=1S/C19H23ClN4O2/c1-25-17-9-8-14(11-16(17)20)24-19(21)23-12-13-5-4-10-22-18(13)26-15-6-2-3-7-15/h4-5,8-11,15H,2-3,6-7,12H2,1H3,(H3,21,23,24). The van der Waals surface area contributed by atoms with Crippen LogP contribution in [0.25, 0.3) is 0 Å². The number of methoxy groups -OCH3 is 1. The highest BCUT2D eigenvalue weighted by Crippen LogP contribution is 2.27. The molecule has 1 aromatic carbocycles. The number of hydrogen-bond acceptors (Lipinski definition) is 4. The Balaban J connectivity index is 1.64. The van der Waals surface area contributed by atoms with E-state index in [9.17, 15) is 0 Å². The van der Waals surface area contributed by atoms with Gasteiger partial charge in [0.2, 0.25) is 5.88 Å². The van der Waals surface area contributed by atoms with Crippen molar-refractivity contribution in [2.45, 2.75) is 38.3 Å². The maximum atomic E-state index is 6.12. The first-order chi connectivity index (χ1) is 12.7. The van der Waals surface area contributed by atoms with Crippen molar-refractivity contribution in [1.29, 1.82) is 0 Å². The molecule has 1 heterocycles. The molecule has 6 nitrogen and oxygen atoms in total. The van der Waals surface area contributed by atoms with Gasteiger partial charge in [0.1, 0.15) is 11.9 Å². The number of rotatable bonds is 6. The molecule has 3 N–H and O–H groups in total. The Morgan fingerprint density at radius 1 is 1.35 bits per heavy atom. The number of benzene rings is 1. The Kier molecular flexibility index (Phi) is 6.17. The van der Waals surface area contributed by atoms with Gasteiger partial charge in [-0.3, -0.25) is 0 Å². The smallest absolute Gasteiger partial charge is 0.218 e. The number of nitrogens with one attached hydrogen (secondary N) is 1. The number of ether oxygens (including phenoxy) is 2. The SMILES string of the molecule is COc1ccc(NC(N)=NCc2cccnc2OC2CCCC2)cc1Cl. The van der Waals surface area contributed by atoms with Gasteiger partial charge in [-0.15, -0.1) is 0 Å². The summed E-state index contributed by atoms with van der Waals surface area (Å²) in [6, 6.07) is 9.16. The summed E-state index contributed by atoms with van der Waals surface area (Å²) in [7, 11) is 1.57. The highest BCUT2D eigenvalue weighted by Gasteiger charge is 2.18. The van der Waals surface area contributed by atoms with Gasteiger partial charge in [-0.25, -0.2) is 9.98 Å². The molecule has 0 atom stereocenters. The van der Waals surface area contributed by atoms with Gasteiger partial charge < -0.3 is 20.5 Å². The van der Waals surface area contributed by atoms with Crippen molar-refractivity contribution < 1.29 is 9.47 Å². The van der Waals surface area contributed by atoms with Crippen LogP contribution in [0.5, 0.6) is 11.6 Å². The number of hydrogen-bond donors (Lipinski definition) is 2. The van der Waals surface area contributed by atoms with Crippen LogP contribution in [-0.2, 0) is 6.54 Å². The van der Waals surface area contributed by atoms with E-state index in [-0.39, 0.29) is 6.10 Å². The van der Waals surface area contributed by atoms with E-state index in [1.165, 1.54) is 12.8 Å². The summed E-state index contributed by atoms with van der Waals surface area (Å²) >= 11 is 6.12.